The van der Waals surface area contributed by atoms with Crippen LogP contribution in [0.2, 0.25) is 0 Å². The molecule has 0 aliphatic heterocycles. The maximum atomic E-state index is 11.9. The fourth-order valence-electron chi connectivity index (χ4n) is 1.96. The van der Waals surface area contributed by atoms with Crippen LogP contribution in [-0.4, -0.2) is 11.0 Å². The number of aromatic nitrogens is 1. The average molecular weight is 241 g/mol. The summed E-state index contributed by atoms with van der Waals surface area (Å²) < 4.78 is 5.42. The zero-order valence-corrected chi connectivity index (χ0v) is 10.7. The molecule has 0 atom stereocenters. The number of benzene rings is 1. The SMILES string of the molecule is Cc1cc(C)c(OC(=O)c2ccccn2)c(C)c1. The van der Waals surface area contributed by atoms with Crippen LogP contribution in [0.25, 0.3) is 0 Å². The molecule has 3 heteroatoms. The molecule has 0 amide bonds. The number of hydrogen-bond acceptors (Lipinski definition) is 3. The van der Waals surface area contributed by atoms with Crippen molar-refractivity contribution in [2.45, 2.75) is 20.8 Å². The number of carbonyl (C=O) groups is 1. The van der Waals surface area contributed by atoms with Crippen molar-refractivity contribution in [2.75, 3.05) is 0 Å². The zero-order chi connectivity index (χ0) is 13.1. The lowest BCUT2D eigenvalue weighted by molar-refractivity contribution is 0.0726. The van der Waals surface area contributed by atoms with Crippen LogP contribution < -0.4 is 4.74 Å². The summed E-state index contributed by atoms with van der Waals surface area (Å²) in [7, 11) is 0. The van der Waals surface area contributed by atoms with E-state index in [1.54, 1.807) is 24.4 Å². The van der Waals surface area contributed by atoms with E-state index in [-0.39, 0.29) is 0 Å². The van der Waals surface area contributed by atoms with E-state index in [9.17, 15) is 4.79 Å². The first-order valence-electron chi connectivity index (χ1n) is 5.79. The van der Waals surface area contributed by atoms with Crippen molar-refractivity contribution in [3.8, 4) is 5.75 Å². The van der Waals surface area contributed by atoms with Gasteiger partial charge in [-0.25, -0.2) is 9.78 Å². The van der Waals surface area contributed by atoms with Crippen LogP contribution in [0.1, 0.15) is 27.2 Å². The molecule has 0 bridgehead atoms. The molecule has 92 valence electrons. The number of rotatable bonds is 2. The lowest BCUT2D eigenvalue weighted by Gasteiger charge is -2.11. The molecule has 0 aliphatic carbocycles. The van der Waals surface area contributed by atoms with Crippen molar-refractivity contribution in [3.63, 3.8) is 0 Å². The topological polar surface area (TPSA) is 39.2 Å². The highest BCUT2D eigenvalue weighted by Gasteiger charge is 2.13. The molecule has 3 nitrogen and oxygen atoms in total. The van der Waals surface area contributed by atoms with Crippen LogP contribution in [0.5, 0.6) is 5.75 Å². The molecule has 0 radical (unpaired) electrons. The van der Waals surface area contributed by atoms with Crippen LogP contribution in [0.3, 0.4) is 0 Å². The summed E-state index contributed by atoms with van der Waals surface area (Å²) in [6.07, 6.45) is 1.57. The number of nitrogens with zero attached hydrogens (tertiary/aromatic N) is 1. The summed E-state index contributed by atoms with van der Waals surface area (Å²) in [5, 5.41) is 0. The first kappa shape index (κ1) is 12.3. The first-order chi connectivity index (χ1) is 8.58. The van der Waals surface area contributed by atoms with Gasteiger partial charge < -0.3 is 4.74 Å². The van der Waals surface area contributed by atoms with Gasteiger partial charge in [0.25, 0.3) is 0 Å². The van der Waals surface area contributed by atoms with Gasteiger partial charge in [-0.15, -0.1) is 0 Å². The van der Waals surface area contributed by atoms with Crippen molar-refractivity contribution >= 4 is 5.97 Å². The highest BCUT2D eigenvalue weighted by Crippen LogP contribution is 2.25. The molecule has 18 heavy (non-hydrogen) atoms. The predicted molar refractivity (Wildman–Crippen MR) is 69.8 cm³/mol. The predicted octanol–water partition coefficient (Wildman–Crippen LogP) is 3.23. The van der Waals surface area contributed by atoms with E-state index < -0.39 is 5.97 Å². The Bertz CT molecular complexity index is 553. The van der Waals surface area contributed by atoms with Crippen molar-refractivity contribution in [1.82, 2.24) is 4.98 Å². The Hall–Kier alpha value is -2.16. The maximum Gasteiger partial charge on any atom is 0.362 e. The number of esters is 1. The highest BCUT2D eigenvalue weighted by molar-refractivity contribution is 5.89. The number of carbonyl (C=O) groups excluding carboxylic acids is 1. The standard InChI is InChI=1S/C15H15NO2/c1-10-8-11(2)14(12(3)9-10)18-15(17)13-6-4-5-7-16-13/h4-9H,1-3H3. The fourth-order valence-corrected chi connectivity index (χ4v) is 1.96. The van der Waals surface area contributed by atoms with Gasteiger partial charge in [-0.3, -0.25) is 0 Å². The van der Waals surface area contributed by atoms with Gasteiger partial charge in [0.1, 0.15) is 11.4 Å². The van der Waals surface area contributed by atoms with E-state index in [4.69, 9.17) is 4.74 Å². The molecular formula is C15H15NO2. The van der Waals surface area contributed by atoms with Crippen molar-refractivity contribution in [1.29, 1.82) is 0 Å². The second-order valence-corrected chi connectivity index (χ2v) is 4.33. The summed E-state index contributed by atoms with van der Waals surface area (Å²) >= 11 is 0. The van der Waals surface area contributed by atoms with Gasteiger partial charge >= 0.3 is 5.97 Å². The third-order valence-corrected chi connectivity index (χ3v) is 2.67. The number of ether oxygens (including phenoxy) is 1. The highest BCUT2D eigenvalue weighted by atomic mass is 16.5. The van der Waals surface area contributed by atoms with Crippen LogP contribution in [-0.2, 0) is 0 Å². The molecule has 0 saturated heterocycles. The normalized spacial score (nSPS) is 10.2. The smallest absolute Gasteiger partial charge is 0.362 e. The van der Waals surface area contributed by atoms with E-state index in [1.165, 1.54) is 0 Å². The van der Waals surface area contributed by atoms with Gasteiger partial charge in [-0.05, 0) is 44.0 Å². The van der Waals surface area contributed by atoms with Crippen LogP contribution in [0.4, 0.5) is 0 Å². The fraction of sp³-hybridized carbons (Fsp3) is 0.200. The monoisotopic (exact) mass is 241 g/mol. The quantitative estimate of drug-likeness (QED) is 0.598. The van der Waals surface area contributed by atoms with E-state index in [0.29, 0.717) is 11.4 Å². The number of aryl methyl sites for hydroxylation is 3. The molecule has 0 fully saturated rings. The third kappa shape index (κ3) is 2.56. The Morgan fingerprint density at radius 3 is 2.33 bits per heavy atom. The Balaban J connectivity index is 2.28. The zero-order valence-electron chi connectivity index (χ0n) is 10.7. The molecule has 0 unspecified atom stereocenters. The third-order valence-electron chi connectivity index (χ3n) is 2.67. The van der Waals surface area contributed by atoms with Gasteiger partial charge in [0.15, 0.2) is 0 Å². The molecule has 1 heterocycles. The lowest BCUT2D eigenvalue weighted by Crippen LogP contribution is -2.11. The summed E-state index contributed by atoms with van der Waals surface area (Å²) in [6.45, 7) is 5.88. The maximum absolute atomic E-state index is 11.9. The molecule has 0 spiro atoms. The molecule has 1 aromatic heterocycles. The molecule has 0 aliphatic rings. The van der Waals surface area contributed by atoms with Gasteiger partial charge in [-0.1, -0.05) is 23.8 Å². The second-order valence-electron chi connectivity index (χ2n) is 4.33. The Morgan fingerprint density at radius 1 is 1.11 bits per heavy atom. The van der Waals surface area contributed by atoms with Crippen LogP contribution in [0.15, 0.2) is 36.5 Å². The minimum absolute atomic E-state index is 0.317. The largest absolute Gasteiger partial charge is 0.421 e. The molecule has 2 rings (SSSR count). The lowest BCUT2D eigenvalue weighted by atomic mass is 10.1. The summed E-state index contributed by atoms with van der Waals surface area (Å²) in [4.78, 5) is 15.9. The molecule has 0 N–H and O–H groups in total. The molecule has 1 aromatic carbocycles. The molecule has 0 saturated carbocycles. The van der Waals surface area contributed by atoms with Gasteiger partial charge in [0.2, 0.25) is 0 Å². The van der Waals surface area contributed by atoms with Crippen LogP contribution in [0, 0.1) is 20.8 Å². The Kier molecular flexibility index (Phi) is 3.42. The molecular weight excluding hydrogens is 226 g/mol. The summed E-state index contributed by atoms with van der Waals surface area (Å²) in [5.41, 5.74) is 3.38. The van der Waals surface area contributed by atoms with Gasteiger partial charge in [0, 0.05) is 6.20 Å². The number of hydrogen-bond donors (Lipinski definition) is 0. The van der Waals surface area contributed by atoms with Crippen LogP contribution >= 0.6 is 0 Å². The summed E-state index contributed by atoms with van der Waals surface area (Å²) in [5.74, 6) is 0.196. The Labute approximate surface area is 106 Å². The van der Waals surface area contributed by atoms with E-state index in [2.05, 4.69) is 4.98 Å². The van der Waals surface area contributed by atoms with Crippen molar-refractivity contribution in [2.24, 2.45) is 0 Å². The van der Waals surface area contributed by atoms with E-state index in [1.807, 2.05) is 32.9 Å². The number of pyridine rings is 1. The van der Waals surface area contributed by atoms with Gasteiger partial charge in [0.05, 0.1) is 0 Å². The minimum atomic E-state index is -0.425. The molecule has 2 aromatic rings. The summed E-state index contributed by atoms with van der Waals surface area (Å²) in [6, 6.07) is 9.15. The Morgan fingerprint density at radius 2 is 1.78 bits per heavy atom. The van der Waals surface area contributed by atoms with Gasteiger partial charge in [-0.2, -0.15) is 0 Å². The average Bonchev–Trinajstić information content (AvgIpc) is 2.34. The van der Waals surface area contributed by atoms with Crippen molar-refractivity contribution < 1.29 is 9.53 Å². The van der Waals surface area contributed by atoms with E-state index in [0.717, 1.165) is 16.7 Å². The van der Waals surface area contributed by atoms with E-state index >= 15 is 0 Å². The van der Waals surface area contributed by atoms with Crippen molar-refractivity contribution in [3.05, 3.63) is 58.9 Å². The minimum Gasteiger partial charge on any atom is -0.421 e. The second kappa shape index (κ2) is 5.00. The first-order valence-corrected chi connectivity index (χ1v) is 5.79.